The van der Waals surface area contributed by atoms with Gasteiger partial charge in [-0.1, -0.05) is 212 Å². The maximum Gasteiger partial charge on any atom is 0.164 e. The number of fused-ring (bicyclic) bond motifs is 9. The summed E-state index contributed by atoms with van der Waals surface area (Å²) in [7, 11) is 0. The first-order chi connectivity index (χ1) is 41.2. The third kappa shape index (κ3) is 7.69. The maximum absolute atomic E-state index is 10.4. The van der Waals surface area contributed by atoms with Gasteiger partial charge in [0.05, 0.1) is 61.8 Å². The van der Waals surface area contributed by atoms with E-state index in [1.54, 1.807) is 0 Å². The first-order valence-corrected chi connectivity index (χ1v) is 27.9. The molecule has 7 nitrogen and oxygen atoms in total. The lowest BCUT2D eigenvalue weighted by Gasteiger charge is -2.24. The van der Waals surface area contributed by atoms with E-state index in [2.05, 4.69) is 244 Å². The van der Waals surface area contributed by atoms with E-state index < -0.39 is 0 Å². The highest BCUT2D eigenvalue weighted by molar-refractivity contribution is 6.14. The number of benzene rings is 12. The molecule has 0 amide bonds. The fraction of sp³-hybridized carbons (Fsp3) is 0. The van der Waals surface area contributed by atoms with Crippen LogP contribution in [0.3, 0.4) is 0 Å². The van der Waals surface area contributed by atoms with Gasteiger partial charge in [0.1, 0.15) is 0 Å². The van der Waals surface area contributed by atoms with Crippen LogP contribution in [0.15, 0.2) is 285 Å². The van der Waals surface area contributed by atoms with Crippen molar-refractivity contribution in [1.82, 2.24) is 28.7 Å². The Labute approximate surface area is 478 Å². The molecule has 16 rings (SSSR count). The van der Waals surface area contributed by atoms with E-state index in [0.717, 1.165) is 111 Å². The van der Waals surface area contributed by atoms with Crippen molar-refractivity contribution in [2.45, 2.75) is 0 Å². The van der Waals surface area contributed by atoms with Crippen molar-refractivity contribution in [3.63, 3.8) is 0 Å². The fourth-order valence-electron chi connectivity index (χ4n) is 12.7. The molecule has 0 saturated carbocycles. The quantitative estimate of drug-likeness (QED) is 0.144. The Morgan fingerprint density at radius 1 is 0.253 bits per heavy atom. The first kappa shape index (κ1) is 47.5. The molecular weight excluding hydrogens is 1010 g/mol. The summed E-state index contributed by atoms with van der Waals surface area (Å²) in [5.41, 5.74) is 18.5. The largest absolute Gasteiger partial charge is 0.309 e. The number of aromatic nitrogens is 6. The summed E-state index contributed by atoms with van der Waals surface area (Å²) in [6.45, 7) is 0. The average molecular weight is 1060 g/mol. The zero-order valence-electron chi connectivity index (χ0n) is 44.8. The fourth-order valence-corrected chi connectivity index (χ4v) is 12.7. The van der Waals surface area contributed by atoms with Gasteiger partial charge < -0.3 is 13.7 Å². The van der Waals surface area contributed by atoms with Crippen molar-refractivity contribution in [3.05, 3.63) is 291 Å². The van der Waals surface area contributed by atoms with Crippen LogP contribution >= 0.6 is 0 Å². The van der Waals surface area contributed by atoms with Crippen LogP contribution in [-0.4, -0.2) is 28.7 Å². The third-order valence-electron chi connectivity index (χ3n) is 16.4. The Bertz CT molecular complexity index is 4950. The zero-order valence-corrected chi connectivity index (χ0v) is 44.8. The standard InChI is InChI=1S/C76H47N7/c77-48-52-27-7-8-28-54(52)51-43-44-72-62(45-51)59-33-13-22-42-71(59)83(72)73-63(60-34-14-20-40-69(60)81-65-36-16-9-29-55(65)56-30-10-17-37-66(56)81)46-53(76-79-74(49-23-3-1-4-24-49)78-75(80-76)50-25-5-2-6-26-50)47-64(73)61-35-15-21-41-70(61)82-67-38-18-11-31-57(67)58-32-12-19-39-68(58)82/h1-47H. The molecule has 83 heavy (non-hydrogen) atoms. The Morgan fingerprint density at radius 2 is 0.602 bits per heavy atom. The van der Waals surface area contributed by atoms with Gasteiger partial charge in [-0.15, -0.1) is 0 Å². The average Bonchev–Trinajstić information content (AvgIpc) is 4.16. The van der Waals surface area contributed by atoms with Crippen molar-refractivity contribution in [1.29, 1.82) is 5.26 Å². The normalized spacial score (nSPS) is 11.6. The number of rotatable bonds is 9. The minimum absolute atomic E-state index is 0.540. The molecule has 7 heteroatoms. The summed E-state index contributed by atoms with van der Waals surface area (Å²) in [6, 6.07) is 103. The minimum Gasteiger partial charge on any atom is -0.309 e. The van der Waals surface area contributed by atoms with Gasteiger partial charge in [0, 0.05) is 71.3 Å². The summed E-state index contributed by atoms with van der Waals surface area (Å²) < 4.78 is 7.33. The minimum atomic E-state index is 0.540. The van der Waals surface area contributed by atoms with Gasteiger partial charge in [0.15, 0.2) is 17.5 Å². The molecule has 0 aliphatic carbocycles. The van der Waals surface area contributed by atoms with Crippen LogP contribution in [0, 0.1) is 11.3 Å². The number of nitriles is 1. The summed E-state index contributed by atoms with van der Waals surface area (Å²) in [5, 5.41) is 17.3. The molecule has 0 bridgehead atoms. The van der Waals surface area contributed by atoms with E-state index in [-0.39, 0.29) is 0 Å². The topological polar surface area (TPSA) is 77.2 Å². The summed E-state index contributed by atoms with van der Waals surface area (Å²) >= 11 is 0. The molecule has 0 aliphatic rings. The molecule has 0 N–H and O–H groups in total. The maximum atomic E-state index is 10.4. The van der Waals surface area contributed by atoms with E-state index in [0.29, 0.717) is 23.0 Å². The SMILES string of the molecule is N#Cc1ccccc1-c1ccc2c(c1)c1ccccc1n2-c1c(-c2ccccc2-n2c3ccccc3c3ccccc32)cc(-c2nc(-c3ccccc3)nc(-c3ccccc3)n2)cc1-c1ccccc1-n1c2ccccc2c2ccccc21. The molecule has 4 heterocycles. The van der Waals surface area contributed by atoms with Gasteiger partial charge in [-0.25, -0.2) is 15.0 Å². The van der Waals surface area contributed by atoms with Crippen LogP contribution < -0.4 is 0 Å². The van der Waals surface area contributed by atoms with Crippen molar-refractivity contribution >= 4 is 65.4 Å². The summed E-state index contributed by atoms with van der Waals surface area (Å²) in [4.78, 5) is 16.1. The van der Waals surface area contributed by atoms with Crippen LogP contribution in [0.4, 0.5) is 0 Å². The number of nitrogens with zero attached hydrogens (tertiary/aromatic N) is 7. The monoisotopic (exact) mass is 1060 g/mol. The highest BCUT2D eigenvalue weighted by Gasteiger charge is 2.28. The lowest BCUT2D eigenvalue weighted by atomic mass is 9.90. The van der Waals surface area contributed by atoms with E-state index in [1.165, 1.54) is 21.5 Å². The number of para-hydroxylation sites is 7. The molecule has 0 fully saturated rings. The molecule has 0 atom stereocenters. The van der Waals surface area contributed by atoms with Crippen LogP contribution in [-0.2, 0) is 0 Å². The molecule has 0 saturated heterocycles. The Morgan fingerprint density at radius 3 is 1.06 bits per heavy atom. The van der Waals surface area contributed by atoms with Crippen LogP contribution in [0.1, 0.15) is 5.56 Å². The van der Waals surface area contributed by atoms with E-state index in [4.69, 9.17) is 15.0 Å². The van der Waals surface area contributed by atoms with Gasteiger partial charge in [-0.05, 0) is 83.9 Å². The summed E-state index contributed by atoms with van der Waals surface area (Å²) in [5.74, 6) is 1.70. The van der Waals surface area contributed by atoms with E-state index in [9.17, 15) is 5.26 Å². The molecule has 0 radical (unpaired) electrons. The third-order valence-corrected chi connectivity index (χ3v) is 16.4. The predicted octanol–water partition coefficient (Wildman–Crippen LogP) is 19.0. The first-order valence-electron chi connectivity index (χ1n) is 27.9. The van der Waals surface area contributed by atoms with Gasteiger partial charge in [0.2, 0.25) is 0 Å². The van der Waals surface area contributed by atoms with E-state index in [1.807, 2.05) is 60.7 Å². The predicted molar refractivity (Wildman–Crippen MR) is 340 cm³/mol. The second kappa shape index (κ2) is 19.4. The van der Waals surface area contributed by atoms with Crippen LogP contribution in [0.25, 0.3) is 150 Å². The molecule has 0 aliphatic heterocycles. The van der Waals surface area contributed by atoms with Gasteiger partial charge in [0.25, 0.3) is 0 Å². The molecule has 12 aromatic carbocycles. The Balaban J connectivity index is 1.09. The lowest BCUT2D eigenvalue weighted by molar-refractivity contribution is 1.07. The molecule has 0 spiro atoms. The molecule has 386 valence electrons. The Hall–Kier alpha value is -11.5. The summed E-state index contributed by atoms with van der Waals surface area (Å²) in [6.07, 6.45) is 0. The second-order valence-electron chi connectivity index (χ2n) is 21.0. The van der Waals surface area contributed by atoms with Crippen LogP contribution in [0.5, 0.6) is 0 Å². The van der Waals surface area contributed by atoms with Gasteiger partial charge in [-0.3, -0.25) is 0 Å². The van der Waals surface area contributed by atoms with Crippen molar-refractivity contribution in [3.8, 4) is 90.7 Å². The van der Waals surface area contributed by atoms with Crippen molar-refractivity contribution in [2.75, 3.05) is 0 Å². The molecule has 16 aromatic rings. The van der Waals surface area contributed by atoms with E-state index >= 15 is 0 Å². The molecule has 4 aromatic heterocycles. The van der Waals surface area contributed by atoms with Gasteiger partial charge in [-0.2, -0.15) is 5.26 Å². The van der Waals surface area contributed by atoms with Crippen molar-refractivity contribution in [2.24, 2.45) is 0 Å². The van der Waals surface area contributed by atoms with Crippen molar-refractivity contribution < 1.29 is 0 Å². The highest BCUT2D eigenvalue weighted by atomic mass is 15.0. The lowest BCUT2D eigenvalue weighted by Crippen LogP contribution is -2.07. The van der Waals surface area contributed by atoms with Gasteiger partial charge >= 0.3 is 0 Å². The zero-order chi connectivity index (χ0) is 55.0. The number of hydrogen-bond donors (Lipinski definition) is 0. The Kier molecular flexibility index (Phi) is 11.1. The second-order valence-corrected chi connectivity index (χ2v) is 21.0. The van der Waals surface area contributed by atoms with Crippen LogP contribution in [0.2, 0.25) is 0 Å². The number of hydrogen-bond acceptors (Lipinski definition) is 4. The smallest absolute Gasteiger partial charge is 0.164 e. The molecule has 0 unspecified atom stereocenters. The highest BCUT2D eigenvalue weighted by Crippen LogP contribution is 2.48. The molecular formula is C76H47N7.